The summed E-state index contributed by atoms with van der Waals surface area (Å²) in [4.78, 5) is 4.26. The van der Waals surface area contributed by atoms with Crippen molar-refractivity contribution in [1.82, 2.24) is 4.98 Å². The highest BCUT2D eigenvalue weighted by Gasteiger charge is 2.17. The molecule has 1 heterocycles. The van der Waals surface area contributed by atoms with Crippen LogP contribution in [0.1, 0.15) is 20.8 Å². The molecule has 0 radical (unpaired) electrons. The van der Waals surface area contributed by atoms with Crippen LogP contribution in [0.15, 0.2) is 18.3 Å². The molecule has 1 rings (SSSR count). The van der Waals surface area contributed by atoms with Gasteiger partial charge in [0.05, 0.1) is 6.61 Å². The first-order chi connectivity index (χ1) is 7.59. The number of halogens is 1. The molecule has 1 N–H and O–H groups in total. The van der Waals surface area contributed by atoms with Crippen LogP contribution in [-0.2, 0) is 0 Å². The Kier molecular flexibility index (Phi) is 4.87. The van der Waals surface area contributed by atoms with E-state index in [1.807, 2.05) is 19.1 Å². The fourth-order valence-corrected chi connectivity index (χ4v) is 1.26. The average molecular weight is 243 g/mol. The third-order valence-electron chi connectivity index (χ3n) is 2.17. The van der Waals surface area contributed by atoms with E-state index >= 15 is 0 Å². The van der Waals surface area contributed by atoms with Crippen LogP contribution in [0, 0.1) is 5.41 Å². The molecule has 0 aliphatic carbocycles. The van der Waals surface area contributed by atoms with Gasteiger partial charge in [-0.15, -0.1) is 11.6 Å². The minimum atomic E-state index is 0.0442. The molecule has 0 atom stereocenters. The van der Waals surface area contributed by atoms with E-state index < -0.39 is 0 Å². The second-order valence-electron chi connectivity index (χ2n) is 4.43. The van der Waals surface area contributed by atoms with E-state index in [4.69, 9.17) is 16.3 Å². The number of hydrogen-bond acceptors (Lipinski definition) is 3. The maximum absolute atomic E-state index is 5.87. The summed E-state index contributed by atoms with van der Waals surface area (Å²) in [7, 11) is 0. The fourth-order valence-electron chi connectivity index (χ4n) is 1.17. The molecule has 3 nitrogen and oxygen atoms in total. The first-order valence-electron chi connectivity index (χ1n) is 5.46. The molecule has 0 saturated heterocycles. The molecule has 1 aromatic rings. The highest BCUT2D eigenvalue weighted by Crippen LogP contribution is 2.23. The van der Waals surface area contributed by atoms with E-state index in [2.05, 4.69) is 24.1 Å². The number of alkyl halides is 1. The SMILES string of the molecule is CCOc1cccnc1NCC(C)(C)CCl. The normalized spacial score (nSPS) is 11.2. The summed E-state index contributed by atoms with van der Waals surface area (Å²) >= 11 is 5.87. The summed E-state index contributed by atoms with van der Waals surface area (Å²) in [5, 5.41) is 3.27. The van der Waals surface area contributed by atoms with Gasteiger partial charge >= 0.3 is 0 Å². The third-order valence-corrected chi connectivity index (χ3v) is 2.89. The molecule has 0 unspecified atom stereocenters. The minimum absolute atomic E-state index is 0.0442. The fraction of sp³-hybridized carbons (Fsp3) is 0.583. The van der Waals surface area contributed by atoms with Gasteiger partial charge in [0.1, 0.15) is 0 Å². The predicted molar refractivity (Wildman–Crippen MR) is 68.4 cm³/mol. The van der Waals surface area contributed by atoms with Crippen molar-refractivity contribution in [3.8, 4) is 5.75 Å². The Balaban J connectivity index is 2.66. The summed E-state index contributed by atoms with van der Waals surface area (Å²) < 4.78 is 5.48. The van der Waals surface area contributed by atoms with Gasteiger partial charge in [0, 0.05) is 18.6 Å². The topological polar surface area (TPSA) is 34.1 Å². The molecule has 4 heteroatoms. The lowest BCUT2D eigenvalue weighted by Gasteiger charge is -2.22. The Labute approximate surface area is 102 Å². The van der Waals surface area contributed by atoms with Crippen molar-refractivity contribution >= 4 is 17.4 Å². The van der Waals surface area contributed by atoms with Crippen LogP contribution in [-0.4, -0.2) is 24.0 Å². The summed E-state index contributed by atoms with van der Waals surface area (Å²) in [5.74, 6) is 2.18. The van der Waals surface area contributed by atoms with Crippen LogP contribution in [0.5, 0.6) is 5.75 Å². The van der Waals surface area contributed by atoms with E-state index in [0.29, 0.717) is 12.5 Å². The molecule has 0 aromatic carbocycles. The molecule has 1 aromatic heterocycles. The van der Waals surface area contributed by atoms with Crippen LogP contribution >= 0.6 is 11.6 Å². The number of nitrogens with zero attached hydrogens (tertiary/aromatic N) is 1. The van der Waals surface area contributed by atoms with Crippen LogP contribution in [0.4, 0.5) is 5.82 Å². The van der Waals surface area contributed by atoms with Crippen molar-refractivity contribution in [1.29, 1.82) is 0 Å². The lowest BCUT2D eigenvalue weighted by Crippen LogP contribution is -2.25. The van der Waals surface area contributed by atoms with Crippen LogP contribution in [0.25, 0.3) is 0 Å². The zero-order valence-corrected chi connectivity index (χ0v) is 10.8. The standard InChI is InChI=1S/C12H19ClN2O/c1-4-16-10-6-5-7-14-11(10)15-9-12(2,3)8-13/h5-7H,4,8-9H2,1-3H3,(H,14,15). The van der Waals surface area contributed by atoms with Crippen molar-refractivity contribution in [2.45, 2.75) is 20.8 Å². The second kappa shape index (κ2) is 5.94. The molecule has 0 aliphatic rings. The van der Waals surface area contributed by atoms with Crippen molar-refractivity contribution in [2.75, 3.05) is 24.3 Å². The highest BCUT2D eigenvalue weighted by atomic mass is 35.5. The molecule has 90 valence electrons. The molecule has 0 fully saturated rings. The van der Waals surface area contributed by atoms with E-state index in [9.17, 15) is 0 Å². The Hall–Kier alpha value is -0.960. The van der Waals surface area contributed by atoms with Crippen molar-refractivity contribution < 1.29 is 4.74 Å². The monoisotopic (exact) mass is 242 g/mol. The van der Waals surface area contributed by atoms with Gasteiger partial charge in [-0.3, -0.25) is 0 Å². The van der Waals surface area contributed by atoms with E-state index in [-0.39, 0.29) is 5.41 Å². The first-order valence-corrected chi connectivity index (χ1v) is 6.00. The summed E-state index contributed by atoms with van der Waals surface area (Å²) in [5.41, 5.74) is 0.0442. The first kappa shape index (κ1) is 13.1. The number of nitrogens with one attached hydrogen (secondary N) is 1. The largest absolute Gasteiger partial charge is 0.490 e. The van der Waals surface area contributed by atoms with Gasteiger partial charge in [-0.25, -0.2) is 4.98 Å². The Morgan fingerprint density at radius 3 is 2.88 bits per heavy atom. The predicted octanol–water partition coefficient (Wildman–Crippen LogP) is 3.16. The maximum atomic E-state index is 5.87. The lowest BCUT2D eigenvalue weighted by atomic mass is 9.97. The minimum Gasteiger partial charge on any atom is -0.490 e. The van der Waals surface area contributed by atoms with Crippen LogP contribution < -0.4 is 10.1 Å². The zero-order valence-electron chi connectivity index (χ0n) is 10.1. The quantitative estimate of drug-likeness (QED) is 0.779. The Morgan fingerprint density at radius 1 is 1.50 bits per heavy atom. The number of hydrogen-bond donors (Lipinski definition) is 1. The smallest absolute Gasteiger partial charge is 0.168 e. The van der Waals surface area contributed by atoms with E-state index in [1.165, 1.54) is 0 Å². The van der Waals surface area contributed by atoms with Gasteiger partial charge in [-0.2, -0.15) is 0 Å². The number of pyridine rings is 1. The van der Waals surface area contributed by atoms with Gasteiger partial charge in [0.15, 0.2) is 11.6 Å². The number of aromatic nitrogens is 1. The van der Waals surface area contributed by atoms with Crippen LogP contribution in [0.2, 0.25) is 0 Å². The van der Waals surface area contributed by atoms with E-state index in [1.54, 1.807) is 6.20 Å². The Morgan fingerprint density at radius 2 is 2.25 bits per heavy atom. The molecule has 0 spiro atoms. The van der Waals surface area contributed by atoms with Gasteiger partial charge in [-0.05, 0) is 24.5 Å². The second-order valence-corrected chi connectivity index (χ2v) is 4.70. The molecular weight excluding hydrogens is 224 g/mol. The van der Waals surface area contributed by atoms with Gasteiger partial charge < -0.3 is 10.1 Å². The molecular formula is C12H19ClN2O. The van der Waals surface area contributed by atoms with Crippen LogP contribution in [0.3, 0.4) is 0 Å². The summed E-state index contributed by atoms with van der Waals surface area (Å²) in [6, 6.07) is 3.77. The van der Waals surface area contributed by atoms with Gasteiger partial charge in [0.25, 0.3) is 0 Å². The molecule has 0 bridgehead atoms. The van der Waals surface area contributed by atoms with Crippen molar-refractivity contribution in [3.05, 3.63) is 18.3 Å². The van der Waals surface area contributed by atoms with Crippen molar-refractivity contribution in [2.24, 2.45) is 5.41 Å². The van der Waals surface area contributed by atoms with Crippen molar-refractivity contribution in [3.63, 3.8) is 0 Å². The summed E-state index contributed by atoms with van der Waals surface area (Å²) in [6.45, 7) is 7.58. The van der Waals surface area contributed by atoms with Gasteiger partial charge in [0.2, 0.25) is 0 Å². The highest BCUT2D eigenvalue weighted by molar-refractivity contribution is 6.18. The zero-order chi connectivity index (χ0) is 12.0. The number of rotatable bonds is 6. The Bertz CT molecular complexity index is 329. The maximum Gasteiger partial charge on any atom is 0.168 e. The van der Waals surface area contributed by atoms with E-state index in [0.717, 1.165) is 18.1 Å². The number of anilines is 1. The molecule has 0 saturated carbocycles. The third kappa shape index (κ3) is 3.89. The van der Waals surface area contributed by atoms with Gasteiger partial charge in [-0.1, -0.05) is 13.8 Å². The number of ether oxygens (including phenoxy) is 1. The average Bonchev–Trinajstić information content (AvgIpc) is 2.28. The molecule has 16 heavy (non-hydrogen) atoms. The summed E-state index contributed by atoms with van der Waals surface area (Å²) in [6.07, 6.45) is 1.75. The lowest BCUT2D eigenvalue weighted by molar-refractivity contribution is 0.340. The molecule has 0 amide bonds. The molecule has 0 aliphatic heterocycles.